The van der Waals surface area contributed by atoms with Crippen LogP contribution in [-0.2, 0) is 0 Å². The van der Waals surface area contributed by atoms with Crippen molar-refractivity contribution < 1.29 is 4.74 Å². The maximum absolute atomic E-state index is 5.89. The van der Waals surface area contributed by atoms with Crippen LogP contribution in [0.1, 0.15) is 12.8 Å². The molecule has 0 heterocycles. The van der Waals surface area contributed by atoms with Gasteiger partial charge in [-0.1, -0.05) is 23.2 Å². The lowest BCUT2D eigenvalue weighted by molar-refractivity contribution is 0.251. The van der Waals surface area contributed by atoms with Crippen molar-refractivity contribution in [3.63, 3.8) is 0 Å². The Morgan fingerprint density at radius 3 is 2.53 bits per heavy atom. The van der Waals surface area contributed by atoms with Gasteiger partial charge in [0.05, 0.1) is 16.7 Å². The van der Waals surface area contributed by atoms with Crippen molar-refractivity contribution in [1.29, 1.82) is 0 Å². The van der Waals surface area contributed by atoms with Crippen LogP contribution in [0.2, 0.25) is 10.0 Å². The van der Waals surface area contributed by atoms with Crippen LogP contribution in [0.4, 0.5) is 0 Å². The van der Waals surface area contributed by atoms with Gasteiger partial charge in [0.1, 0.15) is 5.75 Å². The lowest BCUT2D eigenvalue weighted by Crippen LogP contribution is -2.14. The summed E-state index contributed by atoms with van der Waals surface area (Å²) in [5, 5.41) is 1.09. The van der Waals surface area contributed by atoms with Crippen molar-refractivity contribution in [1.82, 2.24) is 0 Å². The third-order valence-electron chi connectivity index (χ3n) is 2.73. The lowest BCUT2D eigenvalue weighted by Gasteiger charge is -2.13. The summed E-state index contributed by atoms with van der Waals surface area (Å²) in [7, 11) is 0. The van der Waals surface area contributed by atoms with Crippen LogP contribution in [0.15, 0.2) is 18.2 Å². The summed E-state index contributed by atoms with van der Waals surface area (Å²) in [5.41, 5.74) is 0.301. The smallest absolute Gasteiger partial charge is 0.120 e. The van der Waals surface area contributed by atoms with E-state index >= 15 is 0 Å². The van der Waals surface area contributed by atoms with Crippen LogP contribution in [-0.4, -0.2) is 12.4 Å². The molecule has 0 amide bonds. The summed E-state index contributed by atoms with van der Waals surface area (Å²) < 4.78 is 5.67. The highest BCUT2D eigenvalue weighted by Gasteiger charge is 2.42. The van der Waals surface area contributed by atoms with E-state index in [1.807, 2.05) is 6.07 Å². The quantitative estimate of drug-likeness (QED) is 0.805. The second kappa shape index (κ2) is 4.44. The molecule has 4 heteroatoms. The van der Waals surface area contributed by atoms with Crippen molar-refractivity contribution in [2.75, 3.05) is 12.4 Å². The van der Waals surface area contributed by atoms with Crippen molar-refractivity contribution in [2.45, 2.75) is 12.8 Å². The molecule has 0 N–H and O–H groups in total. The maximum atomic E-state index is 5.89. The monoisotopic (exact) mass is 262 g/mol. The molecular formula is C11H12Cl2OS. The molecule has 15 heavy (non-hydrogen) atoms. The van der Waals surface area contributed by atoms with Crippen LogP contribution in [0.25, 0.3) is 0 Å². The number of thiol groups is 1. The zero-order chi connectivity index (χ0) is 10.9. The molecule has 1 aliphatic carbocycles. The molecule has 1 aromatic rings. The second-order valence-electron chi connectivity index (χ2n) is 4.02. The van der Waals surface area contributed by atoms with Crippen LogP contribution in [0.5, 0.6) is 5.75 Å². The zero-order valence-electron chi connectivity index (χ0n) is 8.17. The Hall–Kier alpha value is -0.0500. The molecule has 1 nitrogen and oxygen atoms in total. The van der Waals surface area contributed by atoms with Crippen molar-refractivity contribution in [2.24, 2.45) is 5.41 Å². The molecule has 1 saturated carbocycles. The predicted molar refractivity (Wildman–Crippen MR) is 67.5 cm³/mol. The molecule has 1 fully saturated rings. The molecular weight excluding hydrogens is 251 g/mol. The van der Waals surface area contributed by atoms with Gasteiger partial charge in [-0.3, -0.25) is 0 Å². The van der Waals surface area contributed by atoms with E-state index < -0.39 is 0 Å². The van der Waals surface area contributed by atoms with E-state index in [4.69, 9.17) is 27.9 Å². The van der Waals surface area contributed by atoms with Gasteiger partial charge < -0.3 is 4.74 Å². The van der Waals surface area contributed by atoms with Crippen molar-refractivity contribution >= 4 is 35.8 Å². The van der Waals surface area contributed by atoms with Crippen LogP contribution in [0.3, 0.4) is 0 Å². The van der Waals surface area contributed by atoms with Gasteiger partial charge in [0.2, 0.25) is 0 Å². The molecule has 0 saturated heterocycles. The summed E-state index contributed by atoms with van der Waals surface area (Å²) in [4.78, 5) is 0. The fourth-order valence-corrected chi connectivity index (χ4v) is 2.02. The third kappa shape index (κ3) is 2.74. The molecule has 0 unspecified atom stereocenters. The normalized spacial score (nSPS) is 17.5. The largest absolute Gasteiger partial charge is 0.493 e. The molecule has 1 aliphatic rings. The minimum absolute atomic E-state index is 0.301. The van der Waals surface area contributed by atoms with Crippen LogP contribution < -0.4 is 4.74 Å². The Morgan fingerprint density at radius 1 is 1.27 bits per heavy atom. The first kappa shape index (κ1) is 11.4. The van der Waals surface area contributed by atoms with E-state index in [0.717, 1.165) is 11.5 Å². The van der Waals surface area contributed by atoms with Gasteiger partial charge in [-0.25, -0.2) is 0 Å². The standard InChI is InChI=1S/C11H12Cl2OS/c12-9-2-1-8(5-10(9)13)14-6-11(7-15)3-4-11/h1-2,5,15H,3-4,6-7H2. The summed E-state index contributed by atoms with van der Waals surface area (Å²) in [6.07, 6.45) is 2.41. The fraction of sp³-hybridized carbons (Fsp3) is 0.455. The minimum Gasteiger partial charge on any atom is -0.493 e. The van der Waals surface area contributed by atoms with E-state index in [1.165, 1.54) is 12.8 Å². The molecule has 0 spiro atoms. The third-order valence-corrected chi connectivity index (χ3v) is 4.14. The highest BCUT2D eigenvalue weighted by molar-refractivity contribution is 7.80. The van der Waals surface area contributed by atoms with E-state index in [1.54, 1.807) is 12.1 Å². The van der Waals surface area contributed by atoms with E-state index in [9.17, 15) is 0 Å². The van der Waals surface area contributed by atoms with E-state index in [-0.39, 0.29) is 0 Å². The number of benzene rings is 1. The van der Waals surface area contributed by atoms with Crippen LogP contribution >= 0.6 is 35.8 Å². The van der Waals surface area contributed by atoms with E-state index in [2.05, 4.69) is 12.6 Å². The number of hydrogen-bond acceptors (Lipinski definition) is 2. The van der Waals surface area contributed by atoms with Gasteiger partial charge in [0.25, 0.3) is 0 Å². The topological polar surface area (TPSA) is 9.23 Å². The van der Waals surface area contributed by atoms with Gasteiger partial charge >= 0.3 is 0 Å². The summed E-state index contributed by atoms with van der Waals surface area (Å²) in [6.45, 7) is 0.717. The zero-order valence-corrected chi connectivity index (χ0v) is 10.6. The Kier molecular flexibility index (Phi) is 3.39. The maximum Gasteiger partial charge on any atom is 0.120 e. The molecule has 0 aromatic heterocycles. The van der Waals surface area contributed by atoms with E-state index in [0.29, 0.717) is 22.1 Å². The number of hydrogen-bond donors (Lipinski definition) is 1. The van der Waals surface area contributed by atoms with Gasteiger partial charge in [0, 0.05) is 11.5 Å². The summed E-state index contributed by atoms with van der Waals surface area (Å²) in [6, 6.07) is 5.33. The van der Waals surface area contributed by atoms with Crippen LogP contribution in [0, 0.1) is 5.41 Å². The molecule has 82 valence electrons. The Labute approximate surface area is 105 Å². The summed E-state index contributed by atoms with van der Waals surface area (Å²) in [5.74, 6) is 1.66. The van der Waals surface area contributed by atoms with Gasteiger partial charge in [-0.05, 0) is 30.7 Å². The average Bonchev–Trinajstić information content (AvgIpc) is 3.01. The van der Waals surface area contributed by atoms with Gasteiger partial charge in [-0.15, -0.1) is 0 Å². The van der Waals surface area contributed by atoms with Gasteiger partial charge in [-0.2, -0.15) is 12.6 Å². The highest BCUT2D eigenvalue weighted by Crippen LogP contribution is 2.46. The molecule has 0 atom stereocenters. The highest BCUT2D eigenvalue weighted by atomic mass is 35.5. The Morgan fingerprint density at radius 2 is 2.00 bits per heavy atom. The Bertz CT molecular complexity index is 364. The van der Waals surface area contributed by atoms with Crippen molar-refractivity contribution in [3.8, 4) is 5.75 Å². The number of rotatable bonds is 4. The molecule has 0 bridgehead atoms. The summed E-state index contributed by atoms with van der Waals surface area (Å²) >= 11 is 16.0. The number of ether oxygens (including phenoxy) is 1. The van der Waals surface area contributed by atoms with Gasteiger partial charge in [0.15, 0.2) is 0 Å². The molecule has 0 radical (unpaired) electrons. The minimum atomic E-state index is 0.301. The SMILES string of the molecule is SCC1(COc2ccc(Cl)c(Cl)c2)CC1. The first-order valence-electron chi connectivity index (χ1n) is 4.84. The second-order valence-corrected chi connectivity index (χ2v) is 5.15. The first-order chi connectivity index (χ1) is 7.15. The molecule has 2 rings (SSSR count). The van der Waals surface area contributed by atoms with Crippen molar-refractivity contribution in [3.05, 3.63) is 28.2 Å². The average molecular weight is 263 g/mol. The molecule has 1 aromatic carbocycles. The number of halogens is 2. The Balaban J connectivity index is 1.96. The molecule has 0 aliphatic heterocycles. The lowest BCUT2D eigenvalue weighted by atomic mass is 10.2. The predicted octanol–water partition coefficient (Wildman–Crippen LogP) is 4.08. The fourth-order valence-electron chi connectivity index (χ4n) is 1.33. The first-order valence-corrected chi connectivity index (χ1v) is 6.23.